The van der Waals surface area contributed by atoms with Crippen LogP contribution in [0.1, 0.15) is 34.7 Å². The Morgan fingerprint density at radius 1 is 1.29 bits per heavy atom. The molecule has 116 valence electrons. The van der Waals surface area contributed by atoms with Crippen LogP contribution in [0, 0.1) is 0 Å². The van der Waals surface area contributed by atoms with Crippen molar-refractivity contribution in [1.82, 2.24) is 10.6 Å². The molecule has 1 aromatic carbocycles. The van der Waals surface area contributed by atoms with E-state index < -0.39 is 12.3 Å². The number of ether oxygens (including phenoxy) is 1. The molecule has 0 atom stereocenters. The van der Waals surface area contributed by atoms with Gasteiger partial charge in [-0.25, -0.2) is 0 Å². The third kappa shape index (κ3) is 4.35. The van der Waals surface area contributed by atoms with Crippen LogP contribution >= 0.6 is 0 Å². The quantitative estimate of drug-likeness (QED) is 0.901. The summed E-state index contributed by atoms with van der Waals surface area (Å²) >= 11 is 0. The number of nitrogens with one attached hydrogen (secondary N) is 2. The minimum atomic E-state index is -4.77. The molecule has 21 heavy (non-hydrogen) atoms. The smallest absolute Gasteiger partial charge is 0.406 e. The van der Waals surface area contributed by atoms with E-state index in [9.17, 15) is 18.0 Å². The fraction of sp³-hybridized carbons (Fsp3) is 0.500. The maximum atomic E-state index is 12.4. The van der Waals surface area contributed by atoms with E-state index in [4.69, 9.17) is 0 Å². The van der Waals surface area contributed by atoms with E-state index in [1.54, 1.807) is 6.07 Å². The molecule has 2 rings (SSSR count). The summed E-state index contributed by atoms with van der Waals surface area (Å²) in [5.74, 6) is -0.651. The van der Waals surface area contributed by atoms with Gasteiger partial charge in [0, 0.05) is 12.6 Å². The molecular weight excluding hydrogens is 285 g/mol. The van der Waals surface area contributed by atoms with Crippen LogP contribution in [0.4, 0.5) is 13.2 Å². The first-order chi connectivity index (χ1) is 9.89. The number of amides is 1. The molecule has 4 nitrogen and oxygen atoms in total. The van der Waals surface area contributed by atoms with Gasteiger partial charge in [0.05, 0.1) is 0 Å². The lowest BCUT2D eigenvalue weighted by atomic mass is 9.89. The van der Waals surface area contributed by atoms with Crippen molar-refractivity contribution in [2.45, 2.75) is 25.1 Å². The molecule has 1 aliphatic rings. The molecule has 0 unspecified atom stereocenters. The SMILES string of the molecule is CNC(=O)c1cc(OC(F)(F)F)cc(C2CCNCC2)c1. The lowest BCUT2D eigenvalue weighted by Crippen LogP contribution is -2.27. The molecule has 2 N–H and O–H groups in total. The highest BCUT2D eigenvalue weighted by atomic mass is 19.4. The van der Waals surface area contributed by atoms with E-state index in [-0.39, 0.29) is 17.2 Å². The van der Waals surface area contributed by atoms with Crippen molar-refractivity contribution >= 4 is 5.91 Å². The maximum Gasteiger partial charge on any atom is 0.573 e. The number of rotatable bonds is 3. The lowest BCUT2D eigenvalue weighted by molar-refractivity contribution is -0.274. The Bertz CT molecular complexity index is 511. The number of carbonyl (C=O) groups excluding carboxylic acids is 1. The number of hydrogen-bond donors (Lipinski definition) is 2. The third-order valence-electron chi connectivity index (χ3n) is 3.46. The first-order valence-electron chi connectivity index (χ1n) is 6.72. The summed E-state index contributed by atoms with van der Waals surface area (Å²) in [6.07, 6.45) is -3.13. The highest BCUT2D eigenvalue weighted by molar-refractivity contribution is 5.94. The van der Waals surface area contributed by atoms with Crippen molar-refractivity contribution in [1.29, 1.82) is 0 Å². The van der Waals surface area contributed by atoms with Crippen molar-refractivity contribution in [3.05, 3.63) is 29.3 Å². The average Bonchev–Trinajstić information content (AvgIpc) is 2.45. The highest BCUT2D eigenvalue weighted by Gasteiger charge is 2.32. The summed E-state index contributed by atoms with van der Waals surface area (Å²) in [7, 11) is 1.43. The molecule has 1 aliphatic heterocycles. The summed E-state index contributed by atoms with van der Waals surface area (Å²) in [5, 5.41) is 5.61. The molecule has 1 aromatic rings. The van der Waals surface area contributed by atoms with Gasteiger partial charge in [0.1, 0.15) is 5.75 Å². The fourth-order valence-corrected chi connectivity index (χ4v) is 2.48. The van der Waals surface area contributed by atoms with Crippen LogP contribution in [-0.2, 0) is 0 Å². The molecule has 1 amide bonds. The predicted octanol–water partition coefficient (Wildman–Crippen LogP) is 2.41. The second kappa shape index (κ2) is 6.34. The van der Waals surface area contributed by atoms with Crippen LogP contribution in [0.5, 0.6) is 5.75 Å². The maximum absolute atomic E-state index is 12.4. The van der Waals surface area contributed by atoms with E-state index in [0.29, 0.717) is 5.56 Å². The number of benzene rings is 1. The fourth-order valence-electron chi connectivity index (χ4n) is 2.48. The highest BCUT2D eigenvalue weighted by Crippen LogP contribution is 2.31. The summed E-state index contributed by atoms with van der Waals surface area (Å²) in [6.45, 7) is 1.62. The van der Waals surface area contributed by atoms with E-state index >= 15 is 0 Å². The van der Waals surface area contributed by atoms with E-state index in [1.807, 2.05) is 0 Å². The third-order valence-corrected chi connectivity index (χ3v) is 3.46. The van der Waals surface area contributed by atoms with Gasteiger partial charge in [-0.05, 0) is 55.6 Å². The van der Waals surface area contributed by atoms with Crippen molar-refractivity contribution in [3.63, 3.8) is 0 Å². The Morgan fingerprint density at radius 3 is 2.52 bits per heavy atom. The number of carbonyl (C=O) groups is 1. The molecule has 0 spiro atoms. The second-order valence-corrected chi connectivity index (χ2v) is 4.94. The molecule has 1 saturated heterocycles. The first-order valence-corrected chi connectivity index (χ1v) is 6.72. The molecule has 1 heterocycles. The Hall–Kier alpha value is -1.76. The van der Waals surface area contributed by atoms with Crippen LogP contribution in [0.2, 0.25) is 0 Å². The van der Waals surface area contributed by atoms with E-state index in [2.05, 4.69) is 15.4 Å². The zero-order valence-electron chi connectivity index (χ0n) is 11.6. The Morgan fingerprint density at radius 2 is 1.95 bits per heavy atom. The largest absolute Gasteiger partial charge is 0.573 e. The van der Waals surface area contributed by atoms with Crippen LogP contribution in [0.15, 0.2) is 18.2 Å². The number of piperidine rings is 1. The topological polar surface area (TPSA) is 50.4 Å². The van der Waals surface area contributed by atoms with Crippen LogP contribution in [-0.4, -0.2) is 32.4 Å². The summed E-state index contributed by atoms with van der Waals surface area (Å²) in [5.41, 5.74) is 0.879. The molecule has 7 heteroatoms. The van der Waals surface area contributed by atoms with Gasteiger partial charge in [-0.3, -0.25) is 4.79 Å². The predicted molar refractivity (Wildman–Crippen MR) is 71.4 cm³/mol. The van der Waals surface area contributed by atoms with Gasteiger partial charge in [0.15, 0.2) is 0 Å². The monoisotopic (exact) mass is 302 g/mol. The summed E-state index contributed by atoms with van der Waals surface area (Å²) in [4.78, 5) is 11.7. The van der Waals surface area contributed by atoms with Gasteiger partial charge < -0.3 is 15.4 Å². The number of hydrogen-bond acceptors (Lipinski definition) is 3. The van der Waals surface area contributed by atoms with E-state index in [1.165, 1.54) is 13.1 Å². The van der Waals surface area contributed by atoms with Crippen molar-refractivity contribution < 1.29 is 22.7 Å². The lowest BCUT2D eigenvalue weighted by Gasteiger charge is -2.24. The van der Waals surface area contributed by atoms with Gasteiger partial charge in [-0.1, -0.05) is 0 Å². The standard InChI is InChI=1S/C14H17F3N2O2/c1-18-13(20)11-6-10(9-2-4-19-5-3-9)7-12(8-11)21-14(15,16)17/h6-9,19H,2-5H2,1H3,(H,18,20). The normalized spacial score (nSPS) is 16.6. The number of alkyl halides is 3. The zero-order valence-corrected chi connectivity index (χ0v) is 11.6. The molecule has 0 saturated carbocycles. The summed E-state index contributed by atoms with van der Waals surface area (Å²) in [6, 6.07) is 4.12. The van der Waals surface area contributed by atoms with Crippen molar-refractivity contribution in [3.8, 4) is 5.75 Å². The molecule has 1 fully saturated rings. The summed E-state index contributed by atoms with van der Waals surface area (Å²) < 4.78 is 41.2. The van der Waals surface area contributed by atoms with Gasteiger partial charge >= 0.3 is 6.36 Å². The Kier molecular flexibility index (Phi) is 4.72. The second-order valence-electron chi connectivity index (χ2n) is 4.94. The molecule has 0 aromatic heterocycles. The Labute approximate surface area is 120 Å². The molecule has 0 radical (unpaired) electrons. The molecular formula is C14H17F3N2O2. The minimum Gasteiger partial charge on any atom is -0.406 e. The van der Waals surface area contributed by atoms with E-state index in [0.717, 1.165) is 32.0 Å². The van der Waals surface area contributed by atoms with Crippen molar-refractivity contribution in [2.24, 2.45) is 0 Å². The average molecular weight is 302 g/mol. The number of halogens is 3. The van der Waals surface area contributed by atoms with Gasteiger partial charge in [0.2, 0.25) is 0 Å². The van der Waals surface area contributed by atoms with Gasteiger partial charge in [-0.15, -0.1) is 13.2 Å². The zero-order chi connectivity index (χ0) is 15.5. The van der Waals surface area contributed by atoms with Crippen molar-refractivity contribution in [2.75, 3.05) is 20.1 Å². The van der Waals surface area contributed by atoms with Gasteiger partial charge in [-0.2, -0.15) is 0 Å². The molecule has 0 aliphatic carbocycles. The molecule has 0 bridgehead atoms. The van der Waals surface area contributed by atoms with Crippen LogP contribution in [0.3, 0.4) is 0 Å². The van der Waals surface area contributed by atoms with Crippen LogP contribution < -0.4 is 15.4 Å². The Balaban J connectivity index is 2.34. The van der Waals surface area contributed by atoms with Crippen LogP contribution in [0.25, 0.3) is 0 Å². The minimum absolute atomic E-state index is 0.131. The van der Waals surface area contributed by atoms with Gasteiger partial charge in [0.25, 0.3) is 5.91 Å². The first kappa shape index (κ1) is 15.6.